The van der Waals surface area contributed by atoms with Gasteiger partial charge in [-0.25, -0.2) is 0 Å². The molecule has 0 bridgehead atoms. The minimum Gasteiger partial charge on any atom is -0.299 e. The molecule has 0 amide bonds. The maximum Gasteiger partial charge on any atom is 0.144 e. The van der Waals surface area contributed by atoms with Crippen LogP contribution in [0.25, 0.3) is 37.3 Å². The van der Waals surface area contributed by atoms with Gasteiger partial charge < -0.3 is 0 Å². The molecule has 4 rings (SSSR count). The second-order valence-electron chi connectivity index (χ2n) is 5.12. The summed E-state index contributed by atoms with van der Waals surface area (Å²) in [6, 6.07) is 18.8. The van der Waals surface area contributed by atoms with Gasteiger partial charge in [0.25, 0.3) is 0 Å². The Morgan fingerprint density at radius 2 is 1.52 bits per heavy atom. The average molecular weight is 291 g/mol. The lowest BCUT2D eigenvalue weighted by Gasteiger charge is -2.14. The molecule has 0 saturated heterocycles. The molecule has 0 N–H and O–H groups in total. The largest absolute Gasteiger partial charge is 0.299 e. The zero-order valence-electron chi connectivity index (χ0n) is 11.1. The molecule has 2 heteroatoms. The van der Waals surface area contributed by atoms with E-state index in [-0.39, 0.29) is 0 Å². The second-order valence-corrected chi connectivity index (χ2v) is 5.53. The van der Waals surface area contributed by atoms with Gasteiger partial charge in [-0.1, -0.05) is 60.1 Å². The van der Waals surface area contributed by atoms with E-state index >= 15 is 0 Å². The quantitative estimate of drug-likeness (QED) is 0.276. The molecule has 0 atom stereocenters. The fraction of sp³-hybridized carbons (Fsp3) is 0. The van der Waals surface area contributed by atoms with Gasteiger partial charge in [0, 0.05) is 5.56 Å². The minimum absolute atomic E-state index is 0.476. The summed E-state index contributed by atoms with van der Waals surface area (Å²) in [5, 5.41) is 7.57. The lowest BCUT2D eigenvalue weighted by atomic mass is 9.91. The van der Waals surface area contributed by atoms with Crippen LogP contribution in [0.3, 0.4) is 0 Å². The number of aldehydes is 1. The number of benzene rings is 4. The van der Waals surface area contributed by atoms with Crippen LogP contribution in [0.4, 0.5) is 0 Å². The number of hydrogen-bond donors (Lipinski definition) is 0. The van der Waals surface area contributed by atoms with Crippen molar-refractivity contribution >= 4 is 55.2 Å². The van der Waals surface area contributed by atoms with E-state index in [4.69, 9.17) is 11.6 Å². The normalized spacial score (nSPS) is 12.5. The van der Waals surface area contributed by atoms with Gasteiger partial charge in [0.05, 0.1) is 5.03 Å². The highest BCUT2D eigenvalue weighted by atomic mass is 35.5. The van der Waals surface area contributed by atoms with Gasteiger partial charge in [0.15, 0.2) is 0 Å². The first-order valence-electron chi connectivity index (χ1n) is 6.77. The van der Waals surface area contributed by atoms with Crippen LogP contribution in [0.1, 0.15) is 5.56 Å². The molecule has 0 aliphatic rings. The minimum atomic E-state index is 0.476. The molecule has 0 saturated carbocycles. The molecule has 4 aromatic rings. The molecule has 1 nitrogen and oxygen atoms in total. The number of rotatable bonds is 2. The molecule has 100 valence electrons. The van der Waals surface area contributed by atoms with Gasteiger partial charge in [-0.2, -0.15) is 0 Å². The smallest absolute Gasteiger partial charge is 0.144 e. The Morgan fingerprint density at radius 3 is 2.29 bits per heavy atom. The molecule has 0 spiro atoms. The third-order valence-electron chi connectivity index (χ3n) is 3.98. The fourth-order valence-electron chi connectivity index (χ4n) is 3.11. The predicted octanol–water partition coefficient (Wildman–Crippen LogP) is 5.36. The maximum atomic E-state index is 10.7. The first-order valence-corrected chi connectivity index (χ1v) is 7.15. The van der Waals surface area contributed by atoms with Crippen molar-refractivity contribution in [3.63, 3.8) is 0 Å². The number of hydrogen-bond acceptors (Lipinski definition) is 1. The first kappa shape index (κ1) is 12.4. The standard InChI is InChI=1S/C19H11ClO/c20-17(9-10-21)16-11-14-5-1-3-12-7-8-13-4-2-6-15(16)19(13)18(12)14/h1-11H. The van der Waals surface area contributed by atoms with Crippen molar-refractivity contribution < 1.29 is 4.79 Å². The highest BCUT2D eigenvalue weighted by Gasteiger charge is 2.12. The molecule has 4 aromatic carbocycles. The third-order valence-corrected chi connectivity index (χ3v) is 4.31. The van der Waals surface area contributed by atoms with E-state index in [0.29, 0.717) is 5.03 Å². The average Bonchev–Trinajstić information content (AvgIpc) is 2.52. The van der Waals surface area contributed by atoms with Crippen molar-refractivity contribution in [2.45, 2.75) is 0 Å². The van der Waals surface area contributed by atoms with E-state index in [1.807, 2.05) is 12.1 Å². The maximum absolute atomic E-state index is 10.7. The van der Waals surface area contributed by atoms with Gasteiger partial charge in [0.2, 0.25) is 0 Å². The zero-order valence-corrected chi connectivity index (χ0v) is 11.9. The van der Waals surface area contributed by atoms with Crippen molar-refractivity contribution in [1.82, 2.24) is 0 Å². The Kier molecular flexibility index (Phi) is 2.69. The van der Waals surface area contributed by atoms with Crippen molar-refractivity contribution in [3.8, 4) is 0 Å². The Morgan fingerprint density at radius 1 is 0.857 bits per heavy atom. The van der Waals surface area contributed by atoms with E-state index in [2.05, 4.69) is 42.5 Å². The SMILES string of the molecule is O=CC=C(Cl)c1cc2cccc3ccc4cccc1c4c32. The van der Waals surface area contributed by atoms with E-state index in [9.17, 15) is 4.79 Å². The van der Waals surface area contributed by atoms with Crippen LogP contribution in [-0.2, 0) is 4.79 Å². The summed E-state index contributed by atoms with van der Waals surface area (Å²) < 4.78 is 0. The predicted molar refractivity (Wildman–Crippen MR) is 90.0 cm³/mol. The van der Waals surface area contributed by atoms with E-state index in [1.54, 1.807) is 0 Å². The number of halogens is 1. The topological polar surface area (TPSA) is 17.1 Å². The Bertz CT molecular complexity index is 1010. The highest BCUT2D eigenvalue weighted by Crippen LogP contribution is 2.39. The lowest BCUT2D eigenvalue weighted by Crippen LogP contribution is -1.88. The van der Waals surface area contributed by atoms with Crippen LogP contribution in [-0.4, -0.2) is 6.29 Å². The van der Waals surface area contributed by atoms with Gasteiger partial charge >= 0.3 is 0 Å². The molecular formula is C19H11ClO. The summed E-state index contributed by atoms with van der Waals surface area (Å²) >= 11 is 6.31. The van der Waals surface area contributed by atoms with Crippen LogP contribution in [0, 0.1) is 0 Å². The van der Waals surface area contributed by atoms with Crippen molar-refractivity contribution in [1.29, 1.82) is 0 Å². The zero-order chi connectivity index (χ0) is 14.4. The third kappa shape index (κ3) is 1.75. The van der Waals surface area contributed by atoms with Crippen molar-refractivity contribution in [2.75, 3.05) is 0 Å². The number of allylic oxidation sites excluding steroid dienone is 1. The van der Waals surface area contributed by atoms with Crippen LogP contribution >= 0.6 is 11.6 Å². The summed E-state index contributed by atoms with van der Waals surface area (Å²) in [4.78, 5) is 10.7. The van der Waals surface area contributed by atoms with E-state index < -0.39 is 0 Å². The van der Waals surface area contributed by atoms with Gasteiger partial charge in [-0.15, -0.1) is 0 Å². The molecule has 0 unspecified atom stereocenters. The van der Waals surface area contributed by atoms with Crippen molar-refractivity contribution in [2.24, 2.45) is 0 Å². The van der Waals surface area contributed by atoms with Crippen LogP contribution in [0.15, 0.2) is 60.7 Å². The summed E-state index contributed by atoms with van der Waals surface area (Å²) in [5.41, 5.74) is 0.903. The molecule has 0 aromatic heterocycles. The molecule has 0 aliphatic carbocycles. The highest BCUT2D eigenvalue weighted by molar-refractivity contribution is 6.51. The van der Waals surface area contributed by atoms with Gasteiger partial charge in [-0.05, 0) is 44.5 Å². The molecule has 0 aliphatic heterocycles. The fourth-order valence-corrected chi connectivity index (χ4v) is 3.32. The Labute approximate surface area is 126 Å². The molecular weight excluding hydrogens is 280 g/mol. The van der Waals surface area contributed by atoms with Crippen LogP contribution < -0.4 is 0 Å². The monoisotopic (exact) mass is 290 g/mol. The number of carbonyl (C=O) groups excluding carboxylic acids is 1. The lowest BCUT2D eigenvalue weighted by molar-refractivity contribution is -0.104. The van der Waals surface area contributed by atoms with Crippen LogP contribution in [0.5, 0.6) is 0 Å². The van der Waals surface area contributed by atoms with Gasteiger partial charge in [0.1, 0.15) is 6.29 Å². The van der Waals surface area contributed by atoms with Crippen molar-refractivity contribution in [3.05, 3.63) is 66.2 Å². The van der Waals surface area contributed by atoms with Gasteiger partial charge in [-0.3, -0.25) is 4.79 Å². The molecule has 21 heavy (non-hydrogen) atoms. The Hall–Kier alpha value is -2.38. The molecule has 0 fully saturated rings. The first-order chi connectivity index (χ1) is 10.3. The molecule has 0 radical (unpaired) electrons. The summed E-state index contributed by atoms with van der Waals surface area (Å²) in [5.74, 6) is 0. The second kappa shape index (κ2) is 4.57. The van der Waals surface area contributed by atoms with E-state index in [0.717, 1.165) is 22.6 Å². The van der Waals surface area contributed by atoms with E-state index in [1.165, 1.54) is 27.6 Å². The Balaban J connectivity index is 2.31. The summed E-state index contributed by atoms with van der Waals surface area (Å²) in [6.45, 7) is 0. The summed E-state index contributed by atoms with van der Waals surface area (Å²) in [6.07, 6.45) is 2.13. The number of carbonyl (C=O) groups is 1. The summed E-state index contributed by atoms with van der Waals surface area (Å²) in [7, 11) is 0. The molecule has 0 heterocycles. The van der Waals surface area contributed by atoms with Crippen LogP contribution in [0.2, 0.25) is 0 Å².